The molecule has 1 unspecified atom stereocenters. The van der Waals surface area contributed by atoms with Gasteiger partial charge in [-0.15, -0.1) is 0 Å². The Bertz CT molecular complexity index is 1290. The molecule has 5 rings (SSSR count). The lowest BCUT2D eigenvalue weighted by molar-refractivity contribution is 0.0709. The number of aromatic nitrogens is 1. The Morgan fingerprint density at radius 2 is 1.74 bits per heavy atom. The Labute approximate surface area is 229 Å². The van der Waals surface area contributed by atoms with Gasteiger partial charge < -0.3 is 15.1 Å². The average molecular weight is 532 g/mol. The molecule has 0 radical (unpaired) electrons. The van der Waals surface area contributed by atoms with Crippen LogP contribution in [0.1, 0.15) is 53.2 Å². The number of aryl methyl sites for hydroxylation is 1. The third-order valence-electron chi connectivity index (χ3n) is 7.88. The van der Waals surface area contributed by atoms with Gasteiger partial charge in [0.2, 0.25) is 0 Å². The minimum Gasteiger partial charge on any atom is -0.371 e. The first kappa shape index (κ1) is 26.0. The molecule has 38 heavy (non-hydrogen) atoms. The number of amides is 3. The van der Waals surface area contributed by atoms with Crippen molar-refractivity contribution in [2.75, 3.05) is 37.0 Å². The maximum Gasteiger partial charge on any atom is 0.322 e. The number of pyridine rings is 1. The molecular weight excluding hydrogens is 498 g/mol. The van der Waals surface area contributed by atoms with Gasteiger partial charge in [0, 0.05) is 56.9 Å². The number of urea groups is 1. The summed E-state index contributed by atoms with van der Waals surface area (Å²) in [6.45, 7) is 1.81. The van der Waals surface area contributed by atoms with Crippen LogP contribution in [-0.2, 0) is 6.42 Å². The Balaban J connectivity index is 1.26. The van der Waals surface area contributed by atoms with Crippen LogP contribution in [0.15, 0.2) is 67.0 Å². The lowest BCUT2D eigenvalue weighted by atomic mass is 9.86. The highest BCUT2D eigenvalue weighted by atomic mass is 35.5. The number of rotatable bonds is 5. The summed E-state index contributed by atoms with van der Waals surface area (Å²) >= 11 is 6.31. The monoisotopic (exact) mass is 531 g/mol. The second kappa shape index (κ2) is 11.4. The standard InChI is InChI=1S/C30H34ClN5O2/c1-34(23-14-18-36(19-15-23)24-12-16-32-17-13-24)29(37)22-11-10-21-6-5-8-27(25(21)20-22)33-30(38)35(2)28-9-4-3-7-26(28)31/h3-4,7,9-13,16-17,20,23,27H,5-6,8,14-15,18-19H2,1-2H3,(H,33,38). The van der Waals surface area contributed by atoms with E-state index >= 15 is 0 Å². The van der Waals surface area contributed by atoms with E-state index in [-0.39, 0.29) is 24.0 Å². The summed E-state index contributed by atoms with van der Waals surface area (Å²) in [6, 6.07) is 17.2. The Kier molecular flexibility index (Phi) is 7.84. The maximum atomic E-state index is 13.5. The van der Waals surface area contributed by atoms with Crippen molar-refractivity contribution in [2.24, 2.45) is 0 Å². The number of fused-ring (bicyclic) bond motifs is 1. The van der Waals surface area contributed by atoms with Crippen LogP contribution in [0.2, 0.25) is 5.02 Å². The number of hydrogen-bond donors (Lipinski definition) is 1. The predicted octanol–water partition coefficient (Wildman–Crippen LogP) is 5.70. The molecule has 8 heteroatoms. The molecule has 1 atom stereocenters. The third-order valence-corrected chi connectivity index (χ3v) is 8.20. The molecule has 1 fully saturated rings. The number of halogens is 1. The van der Waals surface area contributed by atoms with Gasteiger partial charge in [-0.3, -0.25) is 14.7 Å². The highest BCUT2D eigenvalue weighted by Gasteiger charge is 2.29. The summed E-state index contributed by atoms with van der Waals surface area (Å²) in [6.07, 6.45) is 8.23. The van der Waals surface area contributed by atoms with Gasteiger partial charge in [0.1, 0.15) is 0 Å². The molecule has 1 aliphatic heterocycles. The minimum atomic E-state index is -0.217. The molecule has 2 heterocycles. The molecule has 7 nitrogen and oxygen atoms in total. The van der Waals surface area contributed by atoms with Crippen LogP contribution in [0.3, 0.4) is 0 Å². The lowest BCUT2D eigenvalue weighted by Crippen LogP contribution is -2.45. The molecule has 1 N–H and O–H groups in total. The van der Waals surface area contributed by atoms with Crippen molar-refractivity contribution in [2.45, 2.75) is 44.2 Å². The SMILES string of the molecule is CN(C(=O)NC1CCCc2ccc(C(=O)N(C)C3CCN(c4ccncc4)CC3)cc21)c1ccccc1Cl. The number of para-hydroxylation sites is 1. The van der Waals surface area contributed by atoms with Gasteiger partial charge in [-0.25, -0.2) is 4.79 Å². The summed E-state index contributed by atoms with van der Waals surface area (Å²) in [5.41, 5.74) is 4.72. The molecule has 198 valence electrons. The molecule has 2 aromatic carbocycles. The number of anilines is 2. The van der Waals surface area contributed by atoms with Crippen molar-refractivity contribution < 1.29 is 9.59 Å². The summed E-state index contributed by atoms with van der Waals surface area (Å²) in [5, 5.41) is 3.70. The number of benzene rings is 2. The largest absolute Gasteiger partial charge is 0.371 e. The third kappa shape index (κ3) is 5.48. The molecule has 0 bridgehead atoms. The molecular formula is C30H34ClN5O2. The summed E-state index contributed by atoms with van der Waals surface area (Å²) < 4.78 is 0. The van der Waals surface area contributed by atoms with Crippen LogP contribution in [0.4, 0.5) is 16.2 Å². The van der Waals surface area contributed by atoms with E-state index in [2.05, 4.69) is 21.3 Å². The van der Waals surface area contributed by atoms with E-state index in [4.69, 9.17) is 11.6 Å². The highest BCUT2D eigenvalue weighted by molar-refractivity contribution is 6.33. The number of nitrogens with one attached hydrogen (secondary N) is 1. The second-order valence-electron chi connectivity index (χ2n) is 10.2. The Hall–Kier alpha value is -3.58. The van der Waals surface area contributed by atoms with Crippen molar-refractivity contribution in [1.29, 1.82) is 0 Å². The van der Waals surface area contributed by atoms with E-state index in [1.165, 1.54) is 16.2 Å². The predicted molar refractivity (Wildman–Crippen MR) is 152 cm³/mol. The van der Waals surface area contributed by atoms with E-state index in [0.29, 0.717) is 16.3 Å². The summed E-state index contributed by atoms with van der Waals surface area (Å²) in [4.78, 5) is 36.5. The van der Waals surface area contributed by atoms with E-state index in [0.717, 1.165) is 50.8 Å². The first-order valence-corrected chi connectivity index (χ1v) is 13.6. The van der Waals surface area contributed by atoms with Gasteiger partial charge in [-0.05, 0) is 79.6 Å². The maximum absolute atomic E-state index is 13.5. The number of carbonyl (C=O) groups is 2. The lowest BCUT2D eigenvalue weighted by Gasteiger charge is -2.38. The quantitative estimate of drug-likeness (QED) is 0.458. The average Bonchev–Trinajstić information content (AvgIpc) is 2.97. The summed E-state index contributed by atoms with van der Waals surface area (Å²) in [5.74, 6) is 0.0268. The van der Waals surface area contributed by atoms with Gasteiger partial charge in [0.15, 0.2) is 0 Å². The number of nitrogens with zero attached hydrogens (tertiary/aromatic N) is 4. The van der Waals surface area contributed by atoms with Crippen molar-refractivity contribution in [3.8, 4) is 0 Å². The molecule has 0 spiro atoms. The Morgan fingerprint density at radius 3 is 2.47 bits per heavy atom. The van der Waals surface area contributed by atoms with Gasteiger partial charge >= 0.3 is 6.03 Å². The highest BCUT2D eigenvalue weighted by Crippen LogP contribution is 2.32. The van der Waals surface area contributed by atoms with Crippen LogP contribution < -0.4 is 15.1 Å². The van der Waals surface area contributed by atoms with Crippen LogP contribution >= 0.6 is 11.6 Å². The fourth-order valence-electron chi connectivity index (χ4n) is 5.60. The van der Waals surface area contributed by atoms with Gasteiger partial charge in [-0.1, -0.05) is 29.8 Å². The molecule has 1 saturated heterocycles. The van der Waals surface area contributed by atoms with Crippen molar-refractivity contribution in [3.05, 3.63) is 88.7 Å². The zero-order chi connectivity index (χ0) is 26.6. The number of hydrogen-bond acceptors (Lipinski definition) is 4. The fraction of sp³-hybridized carbons (Fsp3) is 0.367. The normalized spacial score (nSPS) is 17.4. The first-order valence-electron chi connectivity index (χ1n) is 13.3. The van der Waals surface area contributed by atoms with Crippen LogP contribution in [0, 0.1) is 0 Å². The first-order chi connectivity index (χ1) is 18.4. The minimum absolute atomic E-state index is 0.0268. The molecule has 3 aromatic rings. The van der Waals surface area contributed by atoms with Gasteiger partial charge in [0.05, 0.1) is 16.8 Å². The van der Waals surface area contributed by atoms with E-state index < -0.39 is 0 Å². The summed E-state index contributed by atoms with van der Waals surface area (Å²) in [7, 11) is 3.63. The number of piperidine rings is 1. The molecule has 1 aliphatic carbocycles. The van der Waals surface area contributed by atoms with E-state index in [1.807, 2.05) is 66.8 Å². The zero-order valence-electron chi connectivity index (χ0n) is 21.9. The number of carbonyl (C=O) groups excluding carboxylic acids is 2. The smallest absolute Gasteiger partial charge is 0.322 e. The molecule has 3 amide bonds. The molecule has 0 saturated carbocycles. The van der Waals surface area contributed by atoms with Gasteiger partial charge in [0.25, 0.3) is 5.91 Å². The van der Waals surface area contributed by atoms with E-state index in [9.17, 15) is 9.59 Å². The van der Waals surface area contributed by atoms with E-state index in [1.54, 1.807) is 13.1 Å². The van der Waals surface area contributed by atoms with Crippen LogP contribution in [-0.4, -0.2) is 55.0 Å². The second-order valence-corrected chi connectivity index (χ2v) is 10.6. The van der Waals surface area contributed by atoms with Crippen molar-refractivity contribution >= 4 is 34.9 Å². The topological polar surface area (TPSA) is 68.8 Å². The van der Waals surface area contributed by atoms with Crippen LogP contribution in [0.5, 0.6) is 0 Å². The fourth-order valence-corrected chi connectivity index (χ4v) is 5.86. The van der Waals surface area contributed by atoms with Crippen LogP contribution in [0.25, 0.3) is 0 Å². The molecule has 1 aromatic heterocycles. The van der Waals surface area contributed by atoms with Crippen molar-refractivity contribution in [1.82, 2.24) is 15.2 Å². The zero-order valence-corrected chi connectivity index (χ0v) is 22.7. The molecule has 2 aliphatic rings. The van der Waals surface area contributed by atoms with Crippen molar-refractivity contribution in [3.63, 3.8) is 0 Å². The Morgan fingerprint density at radius 1 is 1.00 bits per heavy atom. The van der Waals surface area contributed by atoms with Gasteiger partial charge in [-0.2, -0.15) is 0 Å².